The van der Waals surface area contributed by atoms with Gasteiger partial charge in [0.05, 0.1) is 25.5 Å². The summed E-state index contributed by atoms with van der Waals surface area (Å²) >= 11 is 0.566. The van der Waals surface area contributed by atoms with Gasteiger partial charge in [-0.1, -0.05) is 11.8 Å². The molecule has 0 aliphatic heterocycles. The molecular formula is C13H22F2N2O2S. The number of rotatable bonds is 11. The van der Waals surface area contributed by atoms with Gasteiger partial charge in [-0.3, -0.25) is 0 Å². The van der Waals surface area contributed by atoms with E-state index in [1.807, 2.05) is 14.1 Å². The molecule has 0 aliphatic carbocycles. The molecular weight excluding hydrogens is 286 g/mol. The van der Waals surface area contributed by atoms with Crippen LogP contribution in [0.4, 0.5) is 8.78 Å². The van der Waals surface area contributed by atoms with E-state index in [2.05, 4.69) is 10.2 Å². The van der Waals surface area contributed by atoms with Gasteiger partial charge in [0, 0.05) is 13.1 Å². The van der Waals surface area contributed by atoms with Crippen LogP contribution in [0.15, 0.2) is 16.5 Å². The predicted molar refractivity (Wildman–Crippen MR) is 77.1 cm³/mol. The maximum Gasteiger partial charge on any atom is 0.284 e. The Kier molecular flexibility index (Phi) is 8.84. The summed E-state index contributed by atoms with van der Waals surface area (Å²) in [6, 6.07) is 3.54. The van der Waals surface area contributed by atoms with Crippen LogP contribution in [0.2, 0.25) is 0 Å². The zero-order valence-electron chi connectivity index (χ0n) is 11.9. The molecule has 0 saturated heterocycles. The van der Waals surface area contributed by atoms with Crippen molar-refractivity contribution in [1.82, 2.24) is 10.2 Å². The van der Waals surface area contributed by atoms with Gasteiger partial charge in [-0.25, -0.2) is 0 Å². The van der Waals surface area contributed by atoms with E-state index in [-0.39, 0.29) is 5.75 Å². The molecule has 4 nitrogen and oxygen atoms in total. The Morgan fingerprint density at radius 2 is 2.05 bits per heavy atom. The molecule has 0 aliphatic rings. The second-order valence-corrected chi connectivity index (χ2v) is 5.51. The molecule has 1 N–H and O–H groups in total. The van der Waals surface area contributed by atoms with Gasteiger partial charge < -0.3 is 19.4 Å². The molecule has 0 atom stereocenters. The van der Waals surface area contributed by atoms with Gasteiger partial charge in [0.1, 0.15) is 11.5 Å². The van der Waals surface area contributed by atoms with Crippen molar-refractivity contribution in [3.8, 4) is 0 Å². The molecule has 1 heterocycles. The normalized spacial score (nSPS) is 11.7. The zero-order chi connectivity index (χ0) is 14.8. The van der Waals surface area contributed by atoms with Gasteiger partial charge in [-0.05, 0) is 26.2 Å². The molecule has 1 aromatic heterocycles. The molecule has 116 valence electrons. The van der Waals surface area contributed by atoms with Crippen LogP contribution in [0.5, 0.6) is 0 Å². The van der Waals surface area contributed by atoms with Gasteiger partial charge in [-0.15, -0.1) is 0 Å². The van der Waals surface area contributed by atoms with Crippen molar-refractivity contribution in [3.63, 3.8) is 0 Å². The number of thioether (sulfide) groups is 1. The second-order valence-electron chi connectivity index (χ2n) is 4.53. The Morgan fingerprint density at radius 3 is 2.75 bits per heavy atom. The van der Waals surface area contributed by atoms with Gasteiger partial charge in [0.25, 0.3) is 5.76 Å². The first-order valence-electron chi connectivity index (χ1n) is 6.48. The van der Waals surface area contributed by atoms with Crippen molar-refractivity contribution in [1.29, 1.82) is 0 Å². The number of hydrogen-bond donors (Lipinski definition) is 1. The standard InChI is InChI=1S/C13H22F2N2O2S/c1-17(2)6-8-18-7-5-16-9-11-3-4-12(19-11)10-20-13(14)15/h3-4,13,16H,5-10H2,1-2H3. The third-order valence-electron chi connectivity index (χ3n) is 2.47. The predicted octanol–water partition coefficient (Wildman–Crippen LogP) is 2.40. The van der Waals surface area contributed by atoms with Crippen molar-refractivity contribution < 1.29 is 17.9 Å². The van der Waals surface area contributed by atoms with Gasteiger partial charge in [0.2, 0.25) is 0 Å². The quantitative estimate of drug-likeness (QED) is 0.636. The maximum atomic E-state index is 12.0. The Hall–Kier alpha value is -0.630. The summed E-state index contributed by atoms with van der Waals surface area (Å²) < 4.78 is 34.9. The highest BCUT2D eigenvalue weighted by molar-refractivity contribution is 7.98. The average Bonchev–Trinajstić information content (AvgIpc) is 2.83. The van der Waals surface area contributed by atoms with E-state index in [0.29, 0.717) is 37.3 Å². The summed E-state index contributed by atoms with van der Waals surface area (Å²) in [7, 11) is 4.00. The topological polar surface area (TPSA) is 37.6 Å². The lowest BCUT2D eigenvalue weighted by Crippen LogP contribution is -2.22. The molecule has 0 amide bonds. The third kappa shape index (κ3) is 8.52. The van der Waals surface area contributed by atoms with Crippen LogP contribution in [0.1, 0.15) is 11.5 Å². The largest absolute Gasteiger partial charge is 0.464 e. The van der Waals surface area contributed by atoms with E-state index in [1.165, 1.54) is 0 Å². The van der Waals surface area contributed by atoms with Crippen LogP contribution in [0.25, 0.3) is 0 Å². The van der Waals surface area contributed by atoms with Crippen molar-refractivity contribution in [2.24, 2.45) is 0 Å². The number of nitrogens with zero attached hydrogens (tertiary/aromatic N) is 1. The number of alkyl halides is 2. The molecule has 20 heavy (non-hydrogen) atoms. The van der Waals surface area contributed by atoms with Crippen molar-refractivity contribution in [3.05, 3.63) is 23.7 Å². The molecule has 0 fully saturated rings. The van der Waals surface area contributed by atoms with E-state index in [4.69, 9.17) is 9.15 Å². The molecule has 0 aromatic carbocycles. The van der Waals surface area contributed by atoms with Gasteiger partial charge in [0.15, 0.2) is 0 Å². The van der Waals surface area contributed by atoms with Gasteiger partial charge >= 0.3 is 0 Å². The molecule has 0 spiro atoms. The van der Waals surface area contributed by atoms with E-state index in [9.17, 15) is 8.78 Å². The summed E-state index contributed by atoms with van der Waals surface area (Å²) in [5, 5.41) is 3.18. The van der Waals surface area contributed by atoms with Crippen molar-refractivity contribution in [2.75, 3.05) is 40.4 Å². The van der Waals surface area contributed by atoms with Crippen LogP contribution in [0.3, 0.4) is 0 Å². The molecule has 0 radical (unpaired) electrons. The van der Waals surface area contributed by atoms with Crippen molar-refractivity contribution >= 4 is 11.8 Å². The minimum absolute atomic E-state index is 0.200. The lowest BCUT2D eigenvalue weighted by molar-refractivity contribution is 0.119. The SMILES string of the molecule is CN(C)CCOCCNCc1ccc(CSC(F)F)o1. The van der Waals surface area contributed by atoms with Crippen LogP contribution in [0, 0.1) is 0 Å². The molecule has 0 unspecified atom stereocenters. The lowest BCUT2D eigenvalue weighted by atomic mass is 10.4. The van der Waals surface area contributed by atoms with E-state index in [1.54, 1.807) is 12.1 Å². The first kappa shape index (κ1) is 17.4. The van der Waals surface area contributed by atoms with Crippen LogP contribution in [-0.2, 0) is 17.0 Å². The fourth-order valence-corrected chi connectivity index (χ4v) is 1.89. The Bertz CT molecular complexity index is 362. The monoisotopic (exact) mass is 308 g/mol. The Labute approximate surface area is 122 Å². The minimum Gasteiger partial charge on any atom is -0.464 e. The number of furan rings is 1. The highest BCUT2D eigenvalue weighted by Gasteiger charge is 2.07. The highest BCUT2D eigenvalue weighted by Crippen LogP contribution is 2.21. The smallest absolute Gasteiger partial charge is 0.284 e. The first-order valence-corrected chi connectivity index (χ1v) is 7.53. The lowest BCUT2D eigenvalue weighted by Gasteiger charge is -2.09. The summed E-state index contributed by atoms with van der Waals surface area (Å²) in [6.45, 7) is 3.57. The summed E-state index contributed by atoms with van der Waals surface area (Å²) in [6.07, 6.45) is 0. The maximum absolute atomic E-state index is 12.0. The molecule has 1 aromatic rings. The minimum atomic E-state index is -2.36. The first-order chi connectivity index (χ1) is 9.58. The summed E-state index contributed by atoms with van der Waals surface area (Å²) in [5.41, 5.74) is 0. The number of hydrogen-bond acceptors (Lipinski definition) is 5. The summed E-state index contributed by atoms with van der Waals surface area (Å²) in [5.74, 6) is -0.829. The Balaban J connectivity index is 2.04. The fraction of sp³-hybridized carbons (Fsp3) is 0.692. The number of likely N-dealkylation sites (N-methyl/N-ethyl adjacent to an activating group) is 1. The molecule has 0 saturated carbocycles. The molecule has 0 bridgehead atoms. The number of ether oxygens (including phenoxy) is 1. The zero-order valence-corrected chi connectivity index (χ0v) is 12.7. The fourth-order valence-electron chi connectivity index (χ4n) is 1.45. The second kappa shape index (κ2) is 10.1. The number of halogens is 2. The number of nitrogens with one attached hydrogen (secondary N) is 1. The van der Waals surface area contributed by atoms with Crippen LogP contribution < -0.4 is 5.32 Å². The van der Waals surface area contributed by atoms with E-state index < -0.39 is 5.76 Å². The van der Waals surface area contributed by atoms with Crippen LogP contribution >= 0.6 is 11.8 Å². The van der Waals surface area contributed by atoms with E-state index in [0.717, 1.165) is 18.8 Å². The third-order valence-corrected chi connectivity index (χ3v) is 3.18. The summed E-state index contributed by atoms with van der Waals surface area (Å²) in [4.78, 5) is 2.06. The van der Waals surface area contributed by atoms with Crippen molar-refractivity contribution in [2.45, 2.75) is 18.1 Å². The van der Waals surface area contributed by atoms with Gasteiger partial charge in [-0.2, -0.15) is 8.78 Å². The average molecular weight is 308 g/mol. The Morgan fingerprint density at radius 1 is 1.30 bits per heavy atom. The molecule has 1 rings (SSSR count). The van der Waals surface area contributed by atoms with E-state index >= 15 is 0 Å². The highest BCUT2D eigenvalue weighted by atomic mass is 32.2. The van der Waals surface area contributed by atoms with Crippen LogP contribution in [-0.4, -0.2) is 51.1 Å². The molecule has 7 heteroatoms.